The number of imidazole rings is 1. The zero-order valence-electron chi connectivity index (χ0n) is 16.8. The van der Waals surface area contributed by atoms with Crippen molar-refractivity contribution in [3.05, 3.63) is 35.7 Å². The fourth-order valence-corrected chi connectivity index (χ4v) is 3.10. The van der Waals surface area contributed by atoms with E-state index in [1.54, 1.807) is 6.07 Å². The Morgan fingerprint density at radius 1 is 1.12 bits per heavy atom. The van der Waals surface area contributed by atoms with Gasteiger partial charge in [0, 0.05) is 18.7 Å². The van der Waals surface area contributed by atoms with Crippen LogP contribution in [0.1, 0.15) is 57.6 Å². The van der Waals surface area contributed by atoms with Gasteiger partial charge in [0.2, 0.25) is 0 Å². The van der Waals surface area contributed by atoms with E-state index in [1.165, 1.54) is 5.56 Å². The SMILES string of the molecule is Cn1cc(CC(C)(C)C)cc1-c1nc2nc(C(=O)C(C)(C)C)ccc2[nH]1. The lowest BCUT2D eigenvalue weighted by atomic mass is 9.89. The van der Waals surface area contributed by atoms with E-state index < -0.39 is 5.41 Å². The maximum absolute atomic E-state index is 12.5. The van der Waals surface area contributed by atoms with Crippen molar-refractivity contribution < 1.29 is 4.79 Å². The van der Waals surface area contributed by atoms with E-state index in [0.717, 1.165) is 23.5 Å². The van der Waals surface area contributed by atoms with Gasteiger partial charge in [-0.25, -0.2) is 9.97 Å². The predicted octanol–water partition coefficient (Wildman–Crippen LogP) is 4.78. The Bertz CT molecular complexity index is 964. The molecule has 3 aromatic heterocycles. The number of nitrogens with zero attached hydrogens (tertiary/aromatic N) is 3. The third kappa shape index (κ3) is 3.71. The number of nitrogens with one attached hydrogen (secondary N) is 1. The molecule has 0 fully saturated rings. The van der Waals surface area contributed by atoms with Gasteiger partial charge >= 0.3 is 0 Å². The van der Waals surface area contributed by atoms with Gasteiger partial charge in [0.05, 0.1) is 11.2 Å². The number of H-pyrrole nitrogens is 1. The molecule has 0 radical (unpaired) electrons. The first kappa shape index (κ1) is 18.4. The summed E-state index contributed by atoms with van der Waals surface area (Å²) in [6.07, 6.45) is 3.15. The second kappa shape index (κ2) is 6.08. The maximum atomic E-state index is 12.5. The van der Waals surface area contributed by atoms with Gasteiger partial charge in [0.15, 0.2) is 17.3 Å². The van der Waals surface area contributed by atoms with Crippen LogP contribution in [-0.4, -0.2) is 25.3 Å². The molecule has 3 rings (SSSR count). The molecule has 3 heterocycles. The molecule has 5 nitrogen and oxygen atoms in total. The Kier molecular flexibility index (Phi) is 4.29. The summed E-state index contributed by atoms with van der Waals surface area (Å²) in [4.78, 5) is 24.9. The third-order valence-electron chi connectivity index (χ3n) is 4.30. The summed E-state index contributed by atoms with van der Waals surface area (Å²) >= 11 is 0. The maximum Gasteiger partial charge on any atom is 0.186 e. The topological polar surface area (TPSA) is 63.6 Å². The third-order valence-corrected chi connectivity index (χ3v) is 4.30. The van der Waals surface area contributed by atoms with Gasteiger partial charge < -0.3 is 9.55 Å². The molecule has 5 heteroatoms. The second-order valence-corrected chi connectivity index (χ2v) is 9.31. The van der Waals surface area contributed by atoms with Crippen LogP contribution in [0.3, 0.4) is 0 Å². The molecule has 138 valence electrons. The summed E-state index contributed by atoms with van der Waals surface area (Å²) in [6.45, 7) is 12.4. The molecule has 0 unspecified atom stereocenters. The molecule has 0 spiro atoms. The number of fused-ring (bicyclic) bond motifs is 1. The van der Waals surface area contributed by atoms with Gasteiger partial charge in [-0.3, -0.25) is 4.79 Å². The number of aryl methyl sites for hydroxylation is 1. The van der Waals surface area contributed by atoms with Gasteiger partial charge in [-0.1, -0.05) is 41.5 Å². The summed E-state index contributed by atoms with van der Waals surface area (Å²) in [7, 11) is 2.02. The van der Waals surface area contributed by atoms with Crippen LogP contribution in [0.15, 0.2) is 24.4 Å². The van der Waals surface area contributed by atoms with E-state index in [0.29, 0.717) is 11.3 Å². The Balaban J connectivity index is 1.99. The van der Waals surface area contributed by atoms with Crippen LogP contribution in [0.5, 0.6) is 0 Å². The lowest BCUT2D eigenvalue weighted by Crippen LogP contribution is -2.21. The molecule has 0 aromatic carbocycles. The zero-order chi connectivity index (χ0) is 19.3. The molecular weight excluding hydrogens is 324 g/mol. The van der Waals surface area contributed by atoms with Crippen LogP contribution in [0.2, 0.25) is 0 Å². The van der Waals surface area contributed by atoms with Crippen molar-refractivity contribution in [2.45, 2.75) is 48.0 Å². The van der Waals surface area contributed by atoms with Gasteiger partial charge in [-0.2, -0.15) is 0 Å². The van der Waals surface area contributed by atoms with Crippen molar-refractivity contribution in [2.24, 2.45) is 17.9 Å². The van der Waals surface area contributed by atoms with Crippen LogP contribution in [0.4, 0.5) is 0 Å². The van der Waals surface area contributed by atoms with Crippen LogP contribution >= 0.6 is 0 Å². The summed E-state index contributed by atoms with van der Waals surface area (Å²) < 4.78 is 2.08. The molecule has 0 aliphatic rings. The van der Waals surface area contributed by atoms with E-state index in [2.05, 4.69) is 52.6 Å². The molecule has 0 saturated heterocycles. The van der Waals surface area contributed by atoms with Crippen LogP contribution in [0, 0.1) is 10.8 Å². The quantitative estimate of drug-likeness (QED) is 0.690. The van der Waals surface area contributed by atoms with Crippen molar-refractivity contribution in [2.75, 3.05) is 0 Å². The fourth-order valence-electron chi connectivity index (χ4n) is 3.10. The smallest absolute Gasteiger partial charge is 0.186 e. The molecule has 0 bridgehead atoms. The first-order chi connectivity index (χ1) is 11.9. The Morgan fingerprint density at radius 3 is 2.42 bits per heavy atom. The van der Waals surface area contributed by atoms with Crippen molar-refractivity contribution in [1.82, 2.24) is 19.5 Å². The molecular formula is C21H28N4O. The highest BCUT2D eigenvalue weighted by molar-refractivity contribution is 5.99. The average molecular weight is 352 g/mol. The Morgan fingerprint density at radius 2 is 1.81 bits per heavy atom. The van der Waals surface area contributed by atoms with Crippen molar-refractivity contribution in [1.29, 1.82) is 0 Å². The monoisotopic (exact) mass is 352 g/mol. The zero-order valence-corrected chi connectivity index (χ0v) is 16.8. The van der Waals surface area contributed by atoms with Gasteiger partial charge in [-0.05, 0) is 35.6 Å². The highest BCUT2D eigenvalue weighted by Crippen LogP contribution is 2.27. The normalized spacial score (nSPS) is 12.7. The van der Waals surface area contributed by atoms with Crippen LogP contribution in [0.25, 0.3) is 22.7 Å². The van der Waals surface area contributed by atoms with Gasteiger partial charge in [0.25, 0.3) is 0 Å². The summed E-state index contributed by atoms with van der Waals surface area (Å²) in [5.41, 5.74) is 3.95. The minimum Gasteiger partial charge on any atom is -0.348 e. The number of hydrogen-bond donors (Lipinski definition) is 1. The van der Waals surface area contributed by atoms with Crippen molar-refractivity contribution >= 4 is 16.9 Å². The number of carbonyl (C=O) groups is 1. The molecule has 1 N–H and O–H groups in total. The number of aromatic amines is 1. The number of carbonyl (C=O) groups excluding carboxylic acids is 1. The number of hydrogen-bond acceptors (Lipinski definition) is 3. The first-order valence-electron chi connectivity index (χ1n) is 9.01. The number of aromatic nitrogens is 4. The minimum atomic E-state index is -0.459. The highest BCUT2D eigenvalue weighted by Gasteiger charge is 2.24. The molecule has 0 saturated carbocycles. The Labute approximate surface area is 154 Å². The van der Waals surface area contributed by atoms with E-state index >= 15 is 0 Å². The minimum absolute atomic E-state index is 0.0234. The number of pyridine rings is 1. The summed E-state index contributed by atoms with van der Waals surface area (Å²) in [5.74, 6) is 0.797. The van der Waals surface area contributed by atoms with Gasteiger partial charge in [-0.15, -0.1) is 0 Å². The molecule has 26 heavy (non-hydrogen) atoms. The standard InChI is InChI=1S/C21H28N4O/c1-20(2,3)11-13-10-16(25(7)12-13)19-23-15-9-8-14(22-18(15)24-19)17(26)21(4,5)6/h8-10,12H,11H2,1-7H3,(H,22,23,24). The lowest BCUT2D eigenvalue weighted by Gasteiger charge is -2.16. The largest absolute Gasteiger partial charge is 0.348 e. The van der Waals surface area contributed by atoms with Gasteiger partial charge in [0.1, 0.15) is 5.69 Å². The molecule has 0 amide bonds. The summed E-state index contributed by atoms with van der Waals surface area (Å²) in [5, 5.41) is 0. The lowest BCUT2D eigenvalue weighted by molar-refractivity contribution is 0.0853. The molecule has 0 aliphatic carbocycles. The molecule has 3 aromatic rings. The second-order valence-electron chi connectivity index (χ2n) is 9.31. The fraction of sp³-hybridized carbons (Fsp3) is 0.476. The van der Waals surface area contributed by atoms with E-state index in [9.17, 15) is 4.79 Å². The first-order valence-corrected chi connectivity index (χ1v) is 9.01. The van der Waals surface area contributed by atoms with Crippen molar-refractivity contribution in [3.8, 4) is 11.5 Å². The number of rotatable bonds is 3. The van der Waals surface area contributed by atoms with Crippen molar-refractivity contribution in [3.63, 3.8) is 0 Å². The van der Waals surface area contributed by atoms with E-state index in [-0.39, 0.29) is 11.2 Å². The van der Waals surface area contributed by atoms with E-state index in [4.69, 9.17) is 0 Å². The van der Waals surface area contributed by atoms with E-state index in [1.807, 2.05) is 33.9 Å². The Hall–Kier alpha value is -2.43. The highest BCUT2D eigenvalue weighted by atomic mass is 16.1. The predicted molar refractivity (Wildman–Crippen MR) is 105 cm³/mol. The average Bonchev–Trinajstić information content (AvgIpc) is 3.05. The number of ketones is 1. The molecule has 0 aliphatic heterocycles. The molecule has 0 atom stereocenters. The van der Waals surface area contributed by atoms with Crippen LogP contribution < -0.4 is 0 Å². The number of Topliss-reactive ketones (excluding diaryl/α,β-unsaturated/α-hetero) is 1. The summed E-state index contributed by atoms with van der Waals surface area (Å²) in [6, 6.07) is 5.83. The van der Waals surface area contributed by atoms with Crippen LogP contribution in [-0.2, 0) is 13.5 Å².